The minimum absolute atomic E-state index is 0.130. The normalized spacial score (nSPS) is 21.9. The fourth-order valence-electron chi connectivity index (χ4n) is 1.60. The Morgan fingerprint density at radius 2 is 2.00 bits per heavy atom. The van der Waals surface area contributed by atoms with Gasteiger partial charge in [0.05, 0.1) is 0 Å². The first-order valence-electron chi connectivity index (χ1n) is 5.33. The van der Waals surface area contributed by atoms with Gasteiger partial charge in [0.25, 0.3) is 10.2 Å². The van der Waals surface area contributed by atoms with Crippen LogP contribution in [0, 0.1) is 0 Å². The van der Waals surface area contributed by atoms with Crippen LogP contribution < -0.4 is 14.8 Å². The summed E-state index contributed by atoms with van der Waals surface area (Å²) in [6, 6.07) is 0.250. The first kappa shape index (κ1) is 14.7. The molecule has 5 nitrogen and oxygen atoms in total. The quantitative estimate of drug-likeness (QED) is 0.644. The second kappa shape index (κ2) is 5.98. The van der Waals surface area contributed by atoms with Crippen LogP contribution in [0.15, 0.2) is 0 Å². The highest BCUT2D eigenvalue weighted by molar-refractivity contribution is 7.87. The van der Waals surface area contributed by atoms with Gasteiger partial charge < -0.3 is 5.32 Å². The van der Waals surface area contributed by atoms with Crippen molar-refractivity contribution < 1.29 is 21.6 Å². The Bertz CT molecular complexity index is 325. The molecule has 0 aromatic carbocycles. The van der Waals surface area contributed by atoms with Gasteiger partial charge in [0.1, 0.15) is 6.54 Å². The molecule has 0 radical (unpaired) electrons. The van der Waals surface area contributed by atoms with Crippen molar-refractivity contribution >= 4 is 10.2 Å². The van der Waals surface area contributed by atoms with E-state index in [-0.39, 0.29) is 12.6 Å². The van der Waals surface area contributed by atoms with E-state index in [1.807, 2.05) is 0 Å². The van der Waals surface area contributed by atoms with E-state index in [0.29, 0.717) is 6.42 Å². The summed E-state index contributed by atoms with van der Waals surface area (Å²) in [5, 5.41) is 3.16. The SMILES string of the molecule is O=S(=O)(NCC[C@@H]1CCCN1)NCC(F)(F)F. The van der Waals surface area contributed by atoms with Crippen LogP contribution in [0.5, 0.6) is 0 Å². The third kappa shape index (κ3) is 6.81. The van der Waals surface area contributed by atoms with Gasteiger partial charge in [0.2, 0.25) is 0 Å². The second-order valence-electron chi connectivity index (χ2n) is 3.92. The molecule has 0 saturated carbocycles. The lowest BCUT2D eigenvalue weighted by atomic mass is 10.2. The zero-order chi connectivity index (χ0) is 12.9. The number of nitrogens with one attached hydrogen (secondary N) is 3. The van der Waals surface area contributed by atoms with Gasteiger partial charge in [0, 0.05) is 12.6 Å². The maximum absolute atomic E-state index is 11.8. The predicted molar refractivity (Wildman–Crippen MR) is 56.6 cm³/mol. The van der Waals surface area contributed by atoms with Crippen LogP contribution in [0.4, 0.5) is 13.2 Å². The summed E-state index contributed by atoms with van der Waals surface area (Å²) in [6.45, 7) is -0.515. The predicted octanol–water partition coefficient (Wildman–Crippen LogP) is 0.115. The van der Waals surface area contributed by atoms with Gasteiger partial charge in [0.15, 0.2) is 0 Å². The molecular weight excluding hydrogens is 259 g/mol. The van der Waals surface area contributed by atoms with Gasteiger partial charge in [-0.05, 0) is 25.8 Å². The molecule has 0 aromatic rings. The van der Waals surface area contributed by atoms with Gasteiger partial charge >= 0.3 is 6.18 Å². The minimum atomic E-state index is -4.54. The van der Waals surface area contributed by atoms with Crippen molar-refractivity contribution in [1.82, 2.24) is 14.8 Å². The number of rotatable bonds is 6. The van der Waals surface area contributed by atoms with Gasteiger partial charge in [-0.3, -0.25) is 0 Å². The molecule has 1 heterocycles. The molecule has 102 valence electrons. The van der Waals surface area contributed by atoms with Crippen molar-refractivity contribution in [3.05, 3.63) is 0 Å². The standard InChI is InChI=1S/C8H16F3N3O2S/c9-8(10,11)6-14-17(15,16)13-5-3-7-2-1-4-12-7/h7,12-14H,1-6H2/t7-/m0/s1. The van der Waals surface area contributed by atoms with Gasteiger partial charge in [-0.25, -0.2) is 4.72 Å². The molecule has 1 rings (SSSR count). The molecular formula is C8H16F3N3O2S. The van der Waals surface area contributed by atoms with E-state index in [0.717, 1.165) is 19.4 Å². The molecule has 3 N–H and O–H groups in total. The Hall–Kier alpha value is -0.380. The van der Waals surface area contributed by atoms with Crippen molar-refractivity contribution in [3.8, 4) is 0 Å². The highest BCUT2D eigenvalue weighted by Crippen LogP contribution is 2.12. The van der Waals surface area contributed by atoms with E-state index in [1.165, 1.54) is 4.72 Å². The smallest absolute Gasteiger partial charge is 0.314 e. The minimum Gasteiger partial charge on any atom is -0.314 e. The summed E-state index contributed by atoms with van der Waals surface area (Å²) in [7, 11) is -4.05. The summed E-state index contributed by atoms with van der Waals surface area (Å²) in [4.78, 5) is 0. The molecule has 1 atom stereocenters. The largest absolute Gasteiger partial charge is 0.402 e. The second-order valence-corrected chi connectivity index (χ2v) is 5.50. The van der Waals surface area contributed by atoms with Gasteiger partial charge in [-0.1, -0.05) is 0 Å². The third-order valence-corrected chi connectivity index (χ3v) is 3.52. The Morgan fingerprint density at radius 3 is 2.53 bits per heavy atom. The van der Waals surface area contributed by atoms with Crippen LogP contribution >= 0.6 is 0 Å². The van der Waals surface area contributed by atoms with Crippen LogP contribution in [0.2, 0.25) is 0 Å². The zero-order valence-corrected chi connectivity index (χ0v) is 10.00. The topological polar surface area (TPSA) is 70.2 Å². The Morgan fingerprint density at radius 1 is 1.29 bits per heavy atom. The summed E-state index contributed by atoms with van der Waals surface area (Å²) in [5.74, 6) is 0. The number of hydrogen-bond acceptors (Lipinski definition) is 3. The molecule has 0 amide bonds. The van der Waals surface area contributed by atoms with E-state index in [2.05, 4.69) is 10.0 Å². The maximum atomic E-state index is 11.8. The van der Waals surface area contributed by atoms with Crippen LogP contribution in [0.3, 0.4) is 0 Å². The van der Waals surface area contributed by atoms with E-state index < -0.39 is 22.9 Å². The fourth-order valence-corrected chi connectivity index (χ4v) is 2.44. The lowest BCUT2D eigenvalue weighted by Crippen LogP contribution is -2.42. The summed E-state index contributed by atoms with van der Waals surface area (Å²) < 4.78 is 61.1. The highest BCUT2D eigenvalue weighted by Gasteiger charge is 2.29. The first-order chi connectivity index (χ1) is 7.79. The molecule has 1 saturated heterocycles. The Kier molecular flexibility index (Phi) is 5.17. The Labute approximate surface area is 98.3 Å². The van der Waals surface area contributed by atoms with E-state index in [1.54, 1.807) is 0 Å². The molecule has 17 heavy (non-hydrogen) atoms. The molecule has 0 aliphatic carbocycles. The van der Waals surface area contributed by atoms with Crippen LogP contribution in [0.25, 0.3) is 0 Å². The molecule has 9 heteroatoms. The number of alkyl halides is 3. The average Bonchev–Trinajstić information content (AvgIpc) is 2.67. The maximum Gasteiger partial charge on any atom is 0.402 e. The van der Waals surface area contributed by atoms with E-state index in [9.17, 15) is 21.6 Å². The number of hydrogen-bond donors (Lipinski definition) is 3. The monoisotopic (exact) mass is 275 g/mol. The lowest BCUT2D eigenvalue weighted by Gasteiger charge is -2.12. The molecule has 1 aliphatic heterocycles. The molecule has 1 aliphatic rings. The van der Waals surface area contributed by atoms with Crippen molar-refractivity contribution in [2.75, 3.05) is 19.6 Å². The fraction of sp³-hybridized carbons (Fsp3) is 1.00. The average molecular weight is 275 g/mol. The Balaban J connectivity index is 2.20. The van der Waals surface area contributed by atoms with Crippen LogP contribution in [-0.2, 0) is 10.2 Å². The first-order valence-corrected chi connectivity index (χ1v) is 6.81. The summed E-state index contributed by atoms with van der Waals surface area (Å²) in [6.07, 6.45) is -1.95. The van der Waals surface area contributed by atoms with Crippen molar-refractivity contribution in [2.45, 2.75) is 31.5 Å². The zero-order valence-electron chi connectivity index (χ0n) is 9.18. The van der Waals surface area contributed by atoms with Crippen LogP contribution in [-0.4, -0.2) is 40.3 Å². The molecule has 0 bridgehead atoms. The molecule has 1 fully saturated rings. The van der Waals surface area contributed by atoms with Gasteiger partial charge in [-0.2, -0.15) is 26.3 Å². The molecule has 0 spiro atoms. The van der Waals surface area contributed by atoms with E-state index >= 15 is 0 Å². The molecule has 0 aromatic heterocycles. The third-order valence-electron chi connectivity index (χ3n) is 2.41. The molecule has 0 unspecified atom stereocenters. The van der Waals surface area contributed by atoms with E-state index in [4.69, 9.17) is 0 Å². The van der Waals surface area contributed by atoms with Crippen molar-refractivity contribution in [1.29, 1.82) is 0 Å². The highest BCUT2D eigenvalue weighted by atomic mass is 32.2. The summed E-state index contributed by atoms with van der Waals surface area (Å²) >= 11 is 0. The lowest BCUT2D eigenvalue weighted by molar-refractivity contribution is -0.121. The van der Waals surface area contributed by atoms with Crippen molar-refractivity contribution in [3.63, 3.8) is 0 Å². The van der Waals surface area contributed by atoms with Gasteiger partial charge in [-0.15, -0.1) is 0 Å². The van der Waals surface area contributed by atoms with Crippen molar-refractivity contribution in [2.24, 2.45) is 0 Å². The summed E-state index contributed by atoms with van der Waals surface area (Å²) in [5.41, 5.74) is 0. The van der Waals surface area contributed by atoms with Crippen LogP contribution in [0.1, 0.15) is 19.3 Å². The number of halogens is 3.